The van der Waals surface area contributed by atoms with Crippen LogP contribution in [0.3, 0.4) is 0 Å². The number of rotatable bonds is 5. The molecule has 0 aromatic carbocycles. The molecule has 2 heterocycles. The molecule has 0 saturated heterocycles. The van der Waals surface area contributed by atoms with Crippen molar-refractivity contribution in [2.75, 3.05) is 11.9 Å². The van der Waals surface area contributed by atoms with Crippen LogP contribution >= 0.6 is 0 Å². The molecule has 98 valence electrons. The summed E-state index contributed by atoms with van der Waals surface area (Å²) in [5.74, 6) is 1.58. The Morgan fingerprint density at radius 2 is 2.17 bits per heavy atom. The lowest BCUT2D eigenvalue weighted by Crippen LogP contribution is -2.19. The van der Waals surface area contributed by atoms with Crippen LogP contribution in [0.25, 0.3) is 11.1 Å². The van der Waals surface area contributed by atoms with Gasteiger partial charge in [-0.1, -0.05) is 13.3 Å². The smallest absolute Gasteiger partial charge is 0.231 e. The zero-order valence-electron chi connectivity index (χ0n) is 11.0. The van der Waals surface area contributed by atoms with Gasteiger partial charge in [0, 0.05) is 12.1 Å². The summed E-state index contributed by atoms with van der Waals surface area (Å²) in [4.78, 5) is 8.33. The predicted octanol–water partition coefficient (Wildman–Crippen LogP) is 2.41. The van der Waals surface area contributed by atoms with E-state index < -0.39 is 0 Å². The summed E-state index contributed by atoms with van der Waals surface area (Å²) in [5.41, 5.74) is 1.63. The largest absolute Gasteiger partial charge is 0.443 e. The Bertz CT molecular complexity index is 536. The zero-order chi connectivity index (χ0) is 13.1. The van der Waals surface area contributed by atoms with Gasteiger partial charge in [-0.05, 0) is 20.3 Å². The SMILES string of the molecule is CCCC(O)CNc1ncnc2oc(C)c(C)c12. The van der Waals surface area contributed by atoms with Gasteiger partial charge in [-0.3, -0.25) is 0 Å². The molecule has 0 spiro atoms. The maximum absolute atomic E-state index is 9.73. The molecular weight excluding hydrogens is 230 g/mol. The van der Waals surface area contributed by atoms with Crippen LogP contribution in [0.5, 0.6) is 0 Å². The van der Waals surface area contributed by atoms with Gasteiger partial charge in [-0.25, -0.2) is 9.97 Å². The Kier molecular flexibility index (Phi) is 3.81. The van der Waals surface area contributed by atoms with Gasteiger partial charge in [0.2, 0.25) is 5.71 Å². The molecule has 0 saturated carbocycles. The Balaban J connectivity index is 2.23. The van der Waals surface area contributed by atoms with Crippen LogP contribution in [-0.4, -0.2) is 27.7 Å². The van der Waals surface area contributed by atoms with E-state index in [9.17, 15) is 5.11 Å². The van der Waals surface area contributed by atoms with Crippen LogP contribution in [0.4, 0.5) is 5.82 Å². The molecule has 2 N–H and O–H groups in total. The first kappa shape index (κ1) is 12.8. The van der Waals surface area contributed by atoms with Gasteiger partial charge in [0.15, 0.2) is 0 Å². The summed E-state index contributed by atoms with van der Waals surface area (Å²) in [6, 6.07) is 0. The van der Waals surface area contributed by atoms with Crippen molar-refractivity contribution in [3.63, 3.8) is 0 Å². The summed E-state index contributed by atoms with van der Waals surface area (Å²) in [5, 5.41) is 13.8. The predicted molar refractivity (Wildman–Crippen MR) is 70.7 cm³/mol. The number of aryl methyl sites for hydroxylation is 2. The quantitative estimate of drug-likeness (QED) is 0.851. The fourth-order valence-corrected chi connectivity index (χ4v) is 1.97. The normalized spacial score (nSPS) is 12.9. The molecule has 0 bridgehead atoms. The third-order valence-electron chi connectivity index (χ3n) is 3.09. The molecule has 5 heteroatoms. The minimum absolute atomic E-state index is 0.353. The molecule has 0 fully saturated rings. The minimum atomic E-state index is -0.353. The first-order chi connectivity index (χ1) is 8.63. The van der Waals surface area contributed by atoms with E-state index in [0.717, 1.165) is 35.4 Å². The highest BCUT2D eigenvalue weighted by molar-refractivity contribution is 5.89. The Morgan fingerprint density at radius 1 is 1.39 bits per heavy atom. The number of aliphatic hydroxyl groups is 1. The lowest BCUT2D eigenvalue weighted by molar-refractivity contribution is 0.176. The van der Waals surface area contributed by atoms with Crippen LogP contribution in [0, 0.1) is 13.8 Å². The molecule has 0 aliphatic heterocycles. The molecule has 2 aromatic rings. The van der Waals surface area contributed by atoms with E-state index in [1.807, 2.05) is 13.8 Å². The molecule has 0 amide bonds. The number of hydrogen-bond acceptors (Lipinski definition) is 5. The van der Waals surface area contributed by atoms with Crippen molar-refractivity contribution in [1.29, 1.82) is 0 Å². The number of fused-ring (bicyclic) bond motifs is 1. The third kappa shape index (κ3) is 2.46. The van der Waals surface area contributed by atoms with Gasteiger partial charge in [0.1, 0.15) is 17.9 Å². The van der Waals surface area contributed by atoms with E-state index in [2.05, 4.69) is 22.2 Å². The monoisotopic (exact) mass is 249 g/mol. The van der Waals surface area contributed by atoms with Crippen molar-refractivity contribution in [2.24, 2.45) is 0 Å². The fraction of sp³-hybridized carbons (Fsp3) is 0.538. The van der Waals surface area contributed by atoms with Gasteiger partial charge in [0.05, 0.1) is 11.5 Å². The van der Waals surface area contributed by atoms with Gasteiger partial charge in [0.25, 0.3) is 0 Å². The second kappa shape index (κ2) is 5.35. The number of hydrogen-bond donors (Lipinski definition) is 2. The molecule has 0 aliphatic rings. The average molecular weight is 249 g/mol. The van der Waals surface area contributed by atoms with E-state index >= 15 is 0 Å². The van der Waals surface area contributed by atoms with Crippen molar-refractivity contribution < 1.29 is 9.52 Å². The van der Waals surface area contributed by atoms with E-state index in [0.29, 0.717) is 12.3 Å². The van der Waals surface area contributed by atoms with E-state index in [1.165, 1.54) is 6.33 Å². The number of aliphatic hydroxyl groups excluding tert-OH is 1. The molecule has 0 aliphatic carbocycles. The summed E-state index contributed by atoms with van der Waals surface area (Å²) in [7, 11) is 0. The number of anilines is 1. The maximum Gasteiger partial charge on any atom is 0.231 e. The molecule has 0 radical (unpaired) electrons. The van der Waals surface area contributed by atoms with E-state index in [1.54, 1.807) is 0 Å². The number of nitrogens with zero attached hydrogens (tertiary/aromatic N) is 2. The van der Waals surface area contributed by atoms with Crippen molar-refractivity contribution in [2.45, 2.75) is 39.7 Å². The molecule has 2 rings (SSSR count). The summed E-state index contributed by atoms with van der Waals surface area (Å²) in [6.07, 6.45) is 2.86. The van der Waals surface area contributed by atoms with Crippen LogP contribution in [0.2, 0.25) is 0 Å². The van der Waals surface area contributed by atoms with E-state index in [4.69, 9.17) is 4.42 Å². The number of furan rings is 1. The van der Waals surface area contributed by atoms with Crippen LogP contribution in [0.1, 0.15) is 31.1 Å². The molecule has 1 atom stereocenters. The second-order valence-corrected chi connectivity index (χ2v) is 4.51. The van der Waals surface area contributed by atoms with Crippen LogP contribution < -0.4 is 5.32 Å². The fourth-order valence-electron chi connectivity index (χ4n) is 1.97. The van der Waals surface area contributed by atoms with Gasteiger partial charge < -0.3 is 14.8 Å². The molecule has 5 nitrogen and oxygen atoms in total. The third-order valence-corrected chi connectivity index (χ3v) is 3.09. The van der Waals surface area contributed by atoms with Gasteiger partial charge in [-0.2, -0.15) is 0 Å². The first-order valence-corrected chi connectivity index (χ1v) is 6.26. The summed E-state index contributed by atoms with van der Waals surface area (Å²) < 4.78 is 5.54. The highest BCUT2D eigenvalue weighted by Crippen LogP contribution is 2.27. The number of nitrogens with one attached hydrogen (secondary N) is 1. The zero-order valence-corrected chi connectivity index (χ0v) is 11.0. The molecule has 2 aromatic heterocycles. The Morgan fingerprint density at radius 3 is 2.89 bits per heavy atom. The van der Waals surface area contributed by atoms with Crippen LogP contribution in [0.15, 0.2) is 10.7 Å². The second-order valence-electron chi connectivity index (χ2n) is 4.51. The Hall–Kier alpha value is -1.62. The summed E-state index contributed by atoms with van der Waals surface area (Å²) >= 11 is 0. The van der Waals surface area contributed by atoms with Crippen molar-refractivity contribution >= 4 is 16.9 Å². The average Bonchev–Trinajstić information content (AvgIpc) is 2.64. The van der Waals surface area contributed by atoms with Crippen molar-refractivity contribution in [3.05, 3.63) is 17.7 Å². The van der Waals surface area contributed by atoms with Crippen LogP contribution in [-0.2, 0) is 0 Å². The van der Waals surface area contributed by atoms with Gasteiger partial charge >= 0.3 is 0 Å². The highest BCUT2D eigenvalue weighted by atomic mass is 16.3. The molecule has 18 heavy (non-hydrogen) atoms. The minimum Gasteiger partial charge on any atom is -0.443 e. The maximum atomic E-state index is 9.73. The summed E-state index contributed by atoms with van der Waals surface area (Å²) in [6.45, 7) is 6.43. The van der Waals surface area contributed by atoms with E-state index in [-0.39, 0.29) is 6.10 Å². The number of aromatic nitrogens is 2. The molecular formula is C13H19N3O2. The standard InChI is InChI=1S/C13H19N3O2/c1-4-5-10(17)6-14-12-11-8(2)9(3)18-13(11)16-7-15-12/h7,10,17H,4-6H2,1-3H3,(H,14,15,16). The van der Waals surface area contributed by atoms with Crippen molar-refractivity contribution in [3.8, 4) is 0 Å². The Labute approximate surface area is 106 Å². The first-order valence-electron chi connectivity index (χ1n) is 6.26. The molecule has 1 unspecified atom stereocenters. The van der Waals surface area contributed by atoms with Crippen molar-refractivity contribution in [1.82, 2.24) is 9.97 Å². The topological polar surface area (TPSA) is 71.2 Å². The van der Waals surface area contributed by atoms with Gasteiger partial charge in [-0.15, -0.1) is 0 Å². The lowest BCUT2D eigenvalue weighted by Gasteiger charge is -2.11. The lowest BCUT2D eigenvalue weighted by atomic mass is 10.2. The highest BCUT2D eigenvalue weighted by Gasteiger charge is 2.14.